The maximum absolute atomic E-state index is 4.09. The molecule has 0 amide bonds. The Bertz CT molecular complexity index is 448. The minimum atomic E-state index is 0.490. The summed E-state index contributed by atoms with van der Waals surface area (Å²) in [5, 5.41) is 3.55. The predicted octanol–water partition coefficient (Wildman–Crippen LogP) is 3.47. The van der Waals surface area contributed by atoms with Crippen molar-refractivity contribution in [2.75, 3.05) is 5.32 Å². The smallest absolute Gasteiger partial charge is 0.0992 e. The molecule has 0 saturated heterocycles. The third-order valence-electron chi connectivity index (χ3n) is 2.81. The first kappa shape index (κ1) is 11.7. The van der Waals surface area contributed by atoms with Gasteiger partial charge in [-0.3, -0.25) is 0 Å². The van der Waals surface area contributed by atoms with Gasteiger partial charge < -0.3 is 9.88 Å². The van der Waals surface area contributed by atoms with Crippen LogP contribution in [0.4, 0.5) is 5.69 Å². The topological polar surface area (TPSA) is 29.9 Å². The van der Waals surface area contributed by atoms with Crippen LogP contribution >= 0.6 is 0 Å². The van der Waals surface area contributed by atoms with E-state index in [1.54, 1.807) is 6.20 Å². The first-order valence-corrected chi connectivity index (χ1v) is 6.15. The van der Waals surface area contributed by atoms with Crippen molar-refractivity contribution in [1.29, 1.82) is 0 Å². The van der Waals surface area contributed by atoms with Crippen molar-refractivity contribution in [2.45, 2.75) is 32.7 Å². The SMILES string of the molecule is CCCC(C)Nc1ccccc1-n1ccnc1. The number of benzene rings is 1. The van der Waals surface area contributed by atoms with Crippen molar-refractivity contribution in [3.63, 3.8) is 0 Å². The summed E-state index contributed by atoms with van der Waals surface area (Å²) < 4.78 is 2.03. The zero-order valence-corrected chi connectivity index (χ0v) is 10.4. The van der Waals surface area contributed by atoms with Crippen LogP contribution in [0.15, 0.2) is 43.0 Å². The van der Waals surface area contributed by atoms with Crippen LogP contribution in [0.5, 0.6) is 0 Å². The van der Waals surface area contributed by atoms with Crippen LogP contribution in [0.2, 0.25) is 0 Å². The highest BCUT2D eigenvalue weighted by molar-refractivity contribution is 5.61. The minimum Gasteiger partial charge on any atom is -0.381 e. The highest BCUT2D eigenvalue weighted by Gasteiger charge is 2.06. The number of hydrogen-bond donors (Lipinski definition) is 1. The quantitative estimate of drug-likeness (QED) is 0.850. The Balaban J connectivity index is 2.22. The molecule has 3 nitrogen and oxygen atoms in total. The molecule has 3 heteroatoms. The molecule has 0 spiro atoms. The summed E-state index contributed by atoms with van der Waals surface area (Å²) in [6.45, 7) is 4.42. The molecular weight excluding hydrogens is 210 g/mol. The first-order chi connectivity index (χ1) is 8.31. The average Bonchev–Trinajstić information content (AvgIpc) is 2.83. The summed E-state index contributed by atoms with van der Waals surface area (Å²) in [6.07, 6.45) is 7.96. The molecule has 1 heterocycles. The first-order valence-electron chi connectivity index (χ1n) is 6.15. The fraction of sp³-hybridized carbons (Fsp3) is 0.357. The van der Waals surface area contributed by atoms with Crippen LogP contribution in [0.3, 0.4) is 0 Å². The molecular formula is C14H19N3. The van der Waals surface area contributed by atoms with Crippen molar-refractivity contribution >= 4 is 5.69 Å². The van der Waals surface area contributed by atoms with E-state index in [-0.39, 0.29) is 0 Å². The summed E-state index contributed by atoms with van der Waals surface area (Å²) in [5.41, 5.74) is 2.31. The van der Waals surface area contributed by atoms with E-state index in [1.807, 2.05) is 23.2 Å². The standard InChI is InChI=1S/C14H19N3/c1-3-6-12(2)16-13-7-4-5-8-14(13)17-10-9-15-11-17/h4-5,7-12,16H,3,6H2,1-2H3. The number of hydrogen-bond acceptors (Lipinski definition) is 2. The molecule has 0 aliphatic heterocycles. The second-order valence-electron chi connectivity index (χ2n) is 4.32. The van der Waals surface area contributed by atoms with E-state index in [2.05, 4.69) is 42.3 Å². The van der Waals surface area contributed by atoms with Gasteiger partial charge in [-0.25, -0.2) is 4.98 Å². The molecule has 0 radical (unpaired) electrons. The van der Waals surface area contributed by atoms with E-state index in [0.717, 1.165) is 11.4 Å². The molecule has 1 unspecified atom stereocenters. The maximum Gasteiger partial charge on any atom is 0.0992 e. The van der Waals surface area contributed by atoms with Crippen molar-refractivity contribution in [2.24, 2.45) is 0 Å². The number of nitrogens with one attached hydrogen (secondary N) is 1. The number of imidazole rings is 1. The lowest BCUT2D eigenvalue weighted by Gasteiger charge is -2.17. The highest BCUT2D eigenvalue weighted by Crippen LogP contribution is 2.21. The van der Waals surface area contributed by atoms with Crippen LogP contribution in [0.1, 0.15) is 26.7 Å². The highest BCUT2D eigenvalue weighted by atomic mass is 15.1. The molecule has 1 atom stereocenters. The Morgan fingerprint density at radius 2 is 2.18 bits per heavy atom. The lowest BCUT2D eigenvalue weighted by Crippen LogP contribution is -2.15. The van der Waals surface area contributed by atoms with E-state index < -0.39 is 0 Å². The second-order valence-corrected chi connectivity index (χ2v) is 4.32. The fourth-order valence-corrected chi connectivity index (χ4v) is 1.99. The summed E-state index contributed by atoms with van der Waals surface area (Å²) >= 11 is 0. The largest absolute Gasteiger partial charge is 0.381 e. The van der Waals surface area contributed by atoms with Gasteiger partial charge in [0.25, 0.3) is 0 Å². The van der Waals surface area contributed by atoms with Crippen LogP contribution in [-0.2, 0) is 0 Å². The molecule has 17 heavy (non-hydrogen) atoms. The molecule has 2 aromatic rings. The molecule has 90 valence electrons. The van der Waals surface area contributed by atoms with E-state index in [9.17, 15) is 0 Å². The van der Waals surface area contributed by atoms with Crippen molar-refractivity contribution in [3.05, 3.63) is 43.0 Å². The van der Waals surface area contributed by atoms with Gasteiger partial charge in [0.1, 0.15) is 0 Å². The third kappa shape index (κ3) is 2.87. The molecule has 0 fully saturated rings. The van der Waals surface area contributed by atoms with Gasteiger partial charge in [0.15, 0.2) is 0 Å². The van der Waals surface area contributed by atoms with Crippen LogP contribution in [-0.4, -0.2) is 15.6 Å². The average molecular weight is 229 g/mol. The Labute approximate surface area is 103 Å². The summed E-state index contributed by atoms with van der Waals surface area (Å²) in [7, 11) is 0. The van der Waals surface area contributed by atoms with Gasteiger partial charge in [-0.1, -0.05) is 25.5 Å². The van der Waals surface area contributed by atoms with Crippen LogP contribution in [0, 0.1) is 0 Å². The Morgan fingerprint density at radius 3 is 2.88 bits per heavy atom. The van der Waals surface area contributed by atoms with Crippen molar-refractivity contribution in [1.82, 2.24) is 9.55 Å². The van der Waals surface area contributed by atoms with E-state index in [1.165, 1.54) is 12.8 Å². The number of rotatable bonds is 5. The fourth-order valence-electron chi connectivity index (χ4n) is 1.99. The number of nitrogens with zero attached hydrogens (tertiary/aromatic N) is 2. The summed E-state index contributed by atoms with van der Waals surface area (Å²) in [6, 6.07) is 8.81. The molecule has 1 N–H and O–H groups in total. The number of para-hydroxylation sites is 2. The second kappa shape index (κ2) is 5.53. The number of aromatic nitrogens is 2. The van der Waals surface area contributed by atoms with E-state index in [0.29, 0.717) is 6.04 Å². The molecule has 1 aromatic carbocycles. The summed E-state index contributed by atoms with van der Waals surface area (Å²) in [5.74, 6) is 0. The third-order valence-corrected chi connectivity index (χ3v) is 2.81. The molecule has 2 rings (SSSR count). The number of anilines is 1. The molecule has 1 aromatic heterocycles. The zero-order valence-electron chi connectivity index (χ0n) is 10.4. The van der Waals surface area contributed by atoms with Gasteiger partial charge in [-0.15, -0.1) is 0 Å². The maximum atomic E-state index is 4.09. The lowest BCUT2D eigenvalue weighted by atomic mass is 10.1. The van der Waals surface area contributed by atoms with Gasteiger partial charge >= 0.3 is 0 Å². The summed E-state index contributed by atoms with van der Waals surface area (Å²) in [4.78, 5) is 4.09. The van der Waals surface area contributed by atoms with Crippen LogP contribution in [0.25, 0.3) is 5.69 Å². The molecule has 0 saturated carbocycles. The van der Waals surface area contributed by atoms with Gasteiger partial charge in [-0.2, -0.15) is 0 Å². The van der Waals surface area contributed by atoms with Gasteiger partial charge in [-0.05, 0) is 25.5 Å². The van der Waals surface area contributed by atoms with Gasteiger partial charge in [0, 0.05) is 18.4 Å². The Kier molecular flexibility index (Phi) is 3.81. The van der Waals surface area contributed by atoms with Crippen molar-refractivity contribution in [3.8, 4) is 5.69 Å². The predicted molar refractivity (Wildman–Crippen MR) is 71.6 cm³/mol. The van der Waals surface area contributed by atoms with Crippen LogP contribution < -0.4 is 5.32 Å². The normalized spacial score (nSPS) is 12.4. The Hall–Kier alpha value is -1.77. The monoisotopic (exact) mass is 229 g/mol. The molecule has 0 aliphatic rings. The van der Waals surface area contributed by atoms with Crippen molar-refractivity contribution < 1.29 is 0 Å². The van der Waals surface area contributed by atoms with Gasteiger partial charge in [0.05, 0.1) is 17.7 Å². The molecule has 0 aliphatic carbocycles. The van der Waals surface area contributed by atoms with E-state index in [4.69, 9.17) is 0 Å². The molecule has 0 bridgehead atoms. The lowest BCUT2D eigenvalue weighted by molar-refractivity contribution is 0.690. The zero-order chi connectivity index (χ0) is 12.1. The minimum absolute atomic E-state index is 0.490. The Morgan fingerprint density at radius 1 is 1.35 bits per heavy atom. The van der Waals surface area contributed by atoms with Gasteiger partial charge in [0.2, 0.25) is 0 Å². The van der Waals surface area contributed by atoms with E-state index >= 15 is 0 Å².